The van der Waals surface area contributed by atoms with Crippen LogP contribution in [0.4, 0.5) is 5.69 Å². The number of aryl methyl sites for hydroxylation is 1. The number of carbonyl (C=O) groups excluding carboxylic acids is 2. The first-order valence-electron chi connectivity index (χ1n) is 14.0. The lowest BCUT2D eigenvalue weighted by molar-refractivity contribution is -0.145. The van der Waals surface area contributed by atoms with E-state index in [2.05, 4.69) is 28.2 Å². The fourth-order valence-corrected chi connectivity index (χ4v) is 5.90. The van der Waals surface area contributed by atoms with Gasteiger partial charge in [0, 0.05) is 30.3 Å². The first-order chi connectivity index (χ1) is 18.8. The number of rotatable bonds is 10. The Bertz CT molecular complexity index is 1380. The maximum absolute atomic E-state index is 14.0. The molecule has 5 rings (SSSR count). The molecule has 1 amide bonds. The van der Waals surface area contributed by atoms with Crippen LogP contribution in [0.25, 0.3) is 11.0 Å². The third-order valence-electron chi connectivity index (χ3n) is 8.16. The third kappa shape index (κ3) is 5.48. The summed E-state index contributed by atoms with van der Waals surface area (Å²) in [7, 11) is 0. The highest BCUT2D eigenvalue weighted by Gasteiger charge is 2.54. The first kappa shape index (κ1) is 26.7. The molecule has 1 atom stereocenters. The monoisotopic (exact) mass is 530 g/mol. The Balaban J connectivity index is 1.31. The van der Waals surface area contributed by atoms with E-state index in [1.54, 1.807) is 0 Å². The van der Waals surface area contributed by atoms with Crippen LogP contribution in [0.15, 0.2) is 36.4 Å². The quantitative estimate of drug-likeness (QED) is 0.173. The van der Waals surface area contributed by atoms with Crippen molar-refractivity contribution in [2.45, 2.75) is 76.8 Å². The van der Waals surface area contributed by atoms with Crippen molar-refractivity contribution in [2.24, 2.45) is 5.73 Å². The molecule has 1 saturated heterocycles. The molecule has 39 heavy (non-hydrogen) atoms. The van der Waals surface area contributed by atoms with Crippen molar-refractivity contribution >= 4 is 34.4 Å². The Kier molecular flexibility index (Phi) is 7.59. The summed E-state index contributed by atoms with van der Waals surface area (Å²) in [6.07, 6.45) is 5.72. The Morgan fingerprint density at radius 2 is 1.97 bits per heavy atom. The number of nitrogens with two attached hydrogens (primary N) is 1. The third-order valence-corrected chi connectivity index (χ3v) is 8.16. The maximum Gasteiger partial charge on any atom is 0.305 e. The number of esters is 1. The Morgan fingerprint density at radius 1 is 1.21 bits per heavy atom. The predicted molar refractivity (Wildman–Crippen MR) is 152 cm³/mol. The number of nitrogens with one attached hydrogen (secondary N) is 3. The fraction of sp³-hybridized carbons (Fsp3) is 0.467. The second kappa shape index (κ2) is 11.1. The largest absolute Gasteiger partial charge is 0.466 e. The summed E-state index contributed by atoms with van der Waals surface area (Å²) in [5, 5.41) is 10.9. The number of anilines is 1. The Morgan fingerprint density at radius 3 is 2.67 bits per heavy atom. The van der Waals surface area contributed by atoms with E-state index in [0.717, 1.165) is 72.3 Å². The van der Waals surface area contributed by atoms with Crippen molar-refractivity contribution in [1.29, 1.82) is 5.41 Å². The molecular formula is C30H38N6O3. The van der Waals surface area contributed by atoms with E-state index in [4.69, 9.17) is 20.9 Å². The number of benzene rings is 2. The van der Waals surface area contributed by atoms with Gasteiger partial charge < -0.3 is 25.7 Å². The Labute approximate surface area is 229 Å². The molecule has 0 bridgehead atoms. The van der Waals surface area contributed by atoms with Crippen LogP contribution in [0.3, 0.4) is 0 Å². The summed E-state index contributed by atoms with van der Waals surface area (Å²) in [6.45, 7) is 5.54. The average Bonchev–Trinajstić information content (AvgIpc) is 3.63. The second-order valence-corrected chi connectivity index (χ2v) is 10.7. The summed E-state index contributed by atoms with van der Waals surface area (Å²) in [6, 6.07) is 11.6. The summed E-state index contributed by atoms with van der Waals surface area (Å²) in [5.41, 5.74) is 10.6. The highest BCUT2D eigenvalue weighted by atomic mass is 16.5. The number of aromatic nitrogens is 2. The number of piperidine rings is 1. The number of hydrogen-bond donors (Lipinski definition) is 4. The minimum absolute atomic E-state index is 0.0458. The molecule has 206 valence electrons. The normalized spacial score (nSPS) is 18.1. The van der Waals surface area contributed by atoms with Gasteiger partial charge in [0.15, 0.2) is 0 Å². The summed E-state index contributed by atoms with van der Waals surface area (Å²) in [5.74, 6) is 0.872. The molecule has 1 aromatic heterocycles. The van der Waals surface area contributed by atoms with Crippen molar-refractivity contribution in [3.8, 4) is 0 Å². The number of fused-ring (bicyclic) bond motifs is 1. The van der Waals surface area contributed by atoms with E-state index in [1.807, 2.05) is 37.3 Å². The van der Waals surface area contributed by atoms with E-state index < -0.39 is 5.41 Å². The number of hydrogen-bond acceptors (Lipinski definition) is 6. The number of amides is 1. The first-order valence-corrected chi connectivity index (χ1v) is 14.0. The highest BCUT2D eigenvalue weighted by molar-refractivity contribution is 5.95. The molecule has 2 fully saturated rings. The van der Waals surface area contributed by atoms with Crippen LogP contribution in [0.2, 0.25) is 0 Å². The highest BCUT2D eigenvalue weighted by Crippen LogP contribution is 2.52. The number of nitrogen functional groups attached to an aromatic ring is 1. The summed E-state index contributed by atoms with van der Waals surface area (Å²) >= 11 is 0. The zero-order chi connectivity index (χ0) is 27.6. The zero-order valence-corrected chi connectivity index (χ0v) is 22.8. The van der Waals surface area contributed by atoms with E-state index in [-0.39, 0.29) is 23.8 Å². The molecule has 9 heteroatoms. The lowest BCUT2D eigenvalue weighted by Crippen LogP contribution is -2.48. The van der Waals surface area contributed by atoms with Gasteiger partial charge in [0.1, 0.15) is 11.7 Å². The van der Waals surface area contributed by atoms with Crippen molar-refractivity contribution in [2.75, 3.05) is 18.5 Å². The number of imidazole rings is 1. The summed E-state index contributed by atoms with van der Waals surface area (Å²) in [4.78, 5) is 36.3. The minimum Gasteiger partial charge on any atom is -0.466 e. The van der Waals surface area contributed by atoms with Gasteiger partial charge in [-0.15, -0.1) is 0 Å². The molecular weight excluding hydrogens is 492 g/mol. The van der Waals surface area contributed by atoms with Crippen LogP contribution >= 0.6 is 0 Å². The van der Waals surface area contributed by atoms with E-state index in [1.165, 1.54) is 0 Å². The topological polar surface area (TPSA) is 137 Å². The van der Waals surface area contributed by atoms with Gasteiger partial charge in [-0.25, -0.2) is 4.98 Å². The van der Waals surface area contributed by atoms with Gasteiger partial charge in [0.05, 0.1) is 29.6 Å². The van der Waals surface area contributed by atoms with Gasteiger partial charge in [-0.05, 0) is 93.8 Å². The lowest BCUT2D eigenvalue weighted by Gasteiger charge is -2.38. The summed E-state index contributed by atoms with van der Waals surface area (Å²) < 4.78 is 5.12. The van der Waals surface area contributed by atoms with E-state index in [0.29, 0.717) is 31.6 Å². The molecule has 1 saturated carbocycles. The minimum atomic E-state index is -0.492. The van der Waals surface area contributed by atoms with Crippen LogP contribution < -0.4 is 11.1 Å². The molecule has 2 aliphatic rings. The van der Waals surface area contributed by atoms with Crippen molar-refractivity contribution in [3.63, 3.8) is 0 Å². The molecule has 2 aromatic carbocycles. The maximum atomic E-state index is 14.0. The van der Waals surface area contributed by atoms with Gasteiger partial charge in [-0.2, -0.15) is 0 Å². The van der Waals surface area contributed by atoms with Gasteiger partial charge in [0.25, 0.3) is 0 Å². The smallest absolute Gasteiger partial charge is 0.305 e. The standard InChI is InChI=1S/C30H38N6O3/c1-3-39-26(37)14-11-22-6-4-5-17-36(22)29(38)30(15-16-30)23-12-13-24-27(19(23)2)35-25(34-24)18-33-21-9-7-20(8-10-21)28(31)32/h7-10,12-13,22,33H,3-6,11,14-18H2,1-2H3,(H3,31,32)(H,34,35). The van der Waals surface area contributed by atoms with Gasteiger partial charge in [-0.3, -0.25) is 15.0 Å². The number of nitrogens with zero attached hydrogens (tertiary/aromatic N) is 2. The van der Waals surface area contributed by atoms with Crippen LogP contribution in [-0.2, 0) is 26.3 Å². The molecule has 0 spiro atoms. The lowest BCUT2D eigenvalue weighted by atomic mass is 9.87. The second-order valence-electron chi connectivity index (χ2n) is 10.7. The number of ether oxygens (including phenoxy) is 1. The Hall–Kier alpha value is -3.88. The number of amidine groups is 1. The van der Waals surface area contributed by atoms with E-state index in [9.17, 15) is 9.59 Å². The SMILES string of the molecule is CCOC(=O)CCC1CCCCN1C(=O)C1(c2ccc3[nH]c(CNc4ccc(C(=N)N)cc4)nc3c2C)CC1. The molecule has 2 heterocycles. The van der Waals surface area contributed by atoms with Gasteiger partial charge in [0.2, 0.25) is 5.91 Å². The predicted octanol–water partition coefficient (Wildman–Crippen LogP) is 4.52. The zero-order valence-electron chi connectivity index (χ0n) is 22.8. The number of carbonyl (C=O) groups is 2. The van der Waals surface area contributed by atoms with Crippen molar-refractivity contribution in [3.05, 3.63) is 58.9 Å². The van der Waals surface area contributed by atoms with Crippen LogP contribution in [0.5, 0.6) is 0 Å². The van der Waals surface area contributed by atoms with Crippen molar-refractivity contribution < 1.29 is 14.3 Å². The molecule has 0 radical (unpaired) electrons. The number of aromatic amines is 1. The van der Waals surface area contributed by atoms with Crippen LogP contribution in [-0.4, -0.2) is 51.8 Å². The van der Waals surface area contributed by atoms with Crippen LogP contribution in [0.1, 0.15) is 74.4 Å². The average molecular weight is 531 g/mol. The van der Waals surface area contributed by atoms with Gasteiger partial charge in [-0.1, -0.05) is 6.07 Å². The van der Waals surface area contributed by atoms with Crippen LogP contribution in [0, 0.1) is 12.3 Å². The number of likely N-dealkylation sites (tertiary alicyclic amines) is 1. The molecule has 9 nitrogen and oxygen atoms in total. The molecule has 1 aliphatic carbocycles. The molecule has 5 N–H and O–H groups in total. The molecule has 3 aromatic rings. The van der Waals surface area contributed by atoms with Crippen molar-refractivity contribution in [1.82, 2.24) is 14.9 Å². The van der Waals surface area contributed by atoms with E-state index >= 15 is 0 Å². The van der Waals surface area contributed by atoms with Gasteiger partial charge >= 0.3 is 5.97 Å². The molecule has 1 unspecified atom stereocenters. The number of H-pyrrole nitrogens is 1. The fourth-order valence-electron chi connectivity index (χ4n) is 5.90. The molecule has 1 aliphatic heterocycles.